The monoisotopic (exact) mass is 254 g/mol. The zero-order valence-corrected chi connectivity index (χ0v) is 9.81. The second-order valence-electron chi connectivity index (χ2n) is 2.85. The SMILES string of the molecule is CSCC[C@H](N)C(=O)O.N[C@@H](CO)C(=O)O. The summed E-state index contributed by atoms with van der Waals surface area (Å²) in [6, 6.07) is -1.81. The Kier molecular flexibility index (Phi) is 11.7. The van der Waals surface area contributed by atoms with Crippen molar-refractivity contribution in [3.63, 3.8) is 0 Å². The molecule has 0 aliphatic rings. The molecule has 0 aliphatic carbocycles. The predicted molar refractivity (Wildman–Crippen MR) is 61.3 cm³/mol. The molecule has 7 nitrogen and oxygen atoms in total. The average molecular weight is 254 g/mol. The molecule has 0 spiro atoms. The zero-order valence-electron chi connectivity index (χ0n) is 9.00. The van der Waals surface area contributed by atoms with Gasteiger partial charge < -0.3 is 26.8 Å². The molecule has 0 aromatic carbocycles. The van der Waals surface area contributed by atoms with Crippen LogP contribution in [-0.4, -0.2) is 58.0 Å². The fourth-order valence-corrected chi connectivity index (χ4v) is 0.936. The number of rotatable bonds is 6. The molecule has 2 atom stereocenters. The number of aliphatic hydroxyl groups is 1. The third-order valence-corrected chi connectivity index (χ3v) is 2.11. The van der Waals surface area contributed by atoms with E-state index in [0.717, 1.165) is 5.75 Å². The van der Waals surface area contributed by atoms with Gasteiger partial charge in [0.25, 0.3) is 0 Å². The Morgan fingerprint density at radius 3 is 1.81 bits per heavy atom. The highest BCUT2D eigenvalue weighted by atomic mass is 32.2. The lowest BCUT2D eigenvalue weighted by Gasteiger charge is -2.02. The largest absolute Gasteiger partial charge is 0.480 e. The van der Waals surface area contributed by atoms with Gasteiger partial charge in [-0.3, -0.25) is 9.59 Å². The number of nitrogens with two attached hydrogens (primary N) is 2. The molecular weight excluding hydrogens is 236 g/mol. The first-order valence-corrected chi connectivity index (χ1v) is 5.82. The highest BCUT2D eigenvalue weighted by Crippen LogP contribution is 1.97. The molecule has 7 N–H and O–H groups in total. The fraction of sp³-hybridized carbons (Fsp3) is 0.750. The van der Waals surface area contributed by atoms with Crippen LogP contribution in [0.2, 0.25) is 0 Å². The Morgan fingerprint density at radius 2 is 1.62 bits per heavy atom. The van der Waals surface area contributed by atoms with E-state index in [-0.39, 0.29) is 0 Å². The van der Waals surface area contributed by atoms with E-state index in [0.29, 0.717) is 6.42 Å². The summed E-state index contributed by atoms with van der Waals surface area (Å²) in [6.07, 6.45) is 2.48. The summed E-state index contributed by atoms with van der Waals surface area (Å²) in [5.41, 5.74) is 9.96. The Bertz CT molecular complexity index is 215. The quantitative estimate of drug-likeness (QED) is 0.386. The van der Waals surface area contributed by atoms with Gasteiger partial charge >= 0.3 is 11.9 Å². The molecule has 96 valence electrons. The topological polar surface area (TPSA) is 147 Å². The van der Waals surface area contributed by atoms with Crippen molar-refractivity contribution in [2.75, 3.05) is 18.6 Å². The number of hydrogen-bond donors (Lipinski definition) is 5. The minimum Gasteiger partial charge on any atom is -0.480 e. The lowest BCUT2D eigenvalue weighted by Crippen LogP contribution is -2.33. The van der Waals surface area contributed by atoms with Crippen molar-refractivity contribution in [3.05, 3.63) is 0 Å². The van der Waals surface area contributed by atoms with E-state index in [2.05, 4.69) is 0 Å². The Morgan fingerprint density at radius 1 is 1.19 bits per heavy atom. The van der Waals surface area contributed by atoms with Crippen LogP contribution in [0.1, 0.15) is 6.42 Å². The van der Waals surface area contributed by atoms with Gasteiger partial charge in [0.05, 0.1) is 6.61 Å². The number of carboxylic acid groups (broad SMARTS) is 2. The van der Waals surface area contributed by atoms with Gasteiger partial charge in [0.2, 0.25) is 0 Å². The van der Waals surface area contributed by atoms with Gasteiger partial charge in [-0.05, 0) is 18.4 Å². The summed E-state index contributed by atoms with van der Waals surface area (Å²) >= 11 is 1.60. The van der Waals surface area contributed by atoms with Crippen LogP contribution in [-0.2, 0) is 9.59 Å². The van der Waals surface area contributed by atoms with Crippen LogP contribution in [0.25, 0.3) is 0 Å². The molecule has 0 aromatic heterocycles. The standard InChI is InChI=1S/C5H11NO2S.C3H7NO3/c1-9-3-2-4(6)5(7)8;4-2(1-5)3(6)7/h4H,2-3,6H2,1H3,(H,7,8);2,5H,1,4H2,(H,6,7)/t4-;2-/m00/s1. The number of aliphatic hydroxyl groups excluding tert-OH is 1. The van der Waals surface area contributed by atoms with Crippen molar-refractivity contribution < 1.29 is 24.9 Å². The Labute approximate surface area is 97.8 Å². The fourth-order valence-electron chi connectivity index (χ4n) is 0.446. The normalized spacial score (nSPS) is 13.2. The first-order chi connectivity index (χ1) is 7.36. The van der Waals surface area contributed by atoms with Crippen LogP contribution in [0.5, 0.6) is 0 Å². The van der Waals surface area contributed by atoms with Gasteiger partial charge in [0.1, 0.15) is 12.1 Å². The van der Waals surface area contributed by atoms with Crippen LogP contribution in [0.3, 0.4) is 0 Å². The summed E-state index contributed by atoms with van der Waals surface area (Å²) in [5, 5.41) is 24.2. The predicted octanol–water partition coefficient (Wildman–Crippen LogP) is -1.46. The molecule has 0 saturated heterocycles. The van der Waals surface area contributed by atoms with Gasteiger partial charge in [-0.1, -0.05) is 0 Å². The molecular formula is C8H18N2O5S. The van der Waals surface area contributed by atoms with E-state index in [1.807, 2.05) is 6.26 Å². The molecule has 0 radical (unpaired) electrons. The van der Waals surface area contributed by atoms with Crippen molar-refractivity contribution in [2.24, 2.45) is 11.5 Å². The summed E-state index contributed by atoms with van der Waals surface area (Å²) in [7, 11) is 0. The van der Waals surface area contributed by atoms with E-state index in [1.54, 1.807) is 11.8 Å². The Balaban J connectivity index is 0. The van der Waals surface area contributed by atoms with Crippen molar-refractivity contribution in [1.82, 2.24) is 0 Å². The molecule has 0 fully saturated rings. The summed E-state index contributed by atoms with van der Waals surface area (Å²) in [6.45, 7) is -0.505. The van der Waals surface area contributed by atoms with Gasteiger partial charge in [-0.25, -0.2) is 0 Å². The minimum absolute atomic E-state index is 0.505. The Hall–Kier alpha value is -0.830. The molecule has 0 saturated carbocycles. The van der Waals surface area contributed by atoms with E-state index in [9.17, 15) is 9.59 Å². The average Bonchev–Trinajstić information content (AvgIpc) is 2.25. The molecule has 0 bridgehead atoms. The van der Waals surface area contributed by atoms with E-state index < -0.39 is 30.6 Å². The lowest BCUT2D eigenvalue weighted by molar-refractivity contribution is -0.140. The van der Waals surface area contributed by atoms with Crippen LogP contribution in [0.15, 0.2) is 0 Å². The van der Waals surface area contributed by atoms with Crippen molar-refractivity contribution in [1.29, 1.82) is 0 Å². The zero-order chi connectivity index (χ0) is 13.1. The van der Waals surface area contributed by atoms with Gasteiger partial charge in [0.15, 0.2) is 0 Å². The maximum absolute atomic E-state index is 10.1. The lowest BCUT2D eigenvalue weighted by atomic mass is 10.2. The van der Waals surface area contributed by atoms with Gasteiger partial charge in [0, 0.05) is 0 Å². The number of thioether (sulfide) groups is 1. The van der Waals surface area contributed by atoms with Gasteiger partial charge in [-0.15, -0.1) is 0 Å². The maximum atomic E-state index is 10.1. The number of aliphatic carboxylic acids is 2. The van der Waals surface area contributed by atoms with E-state index >= 15 is 0 Å². The summed E-state index contributed by atoms with van der Waals surface area (Å²) in [4.78, 5) is 19.7. The molecule has 0 heterocycles. The second-order valence-corrected chi connectivity index (χ2v) is 3.84. The van der Waals surface area contributed by atoms with Crippen LogP contribution in [0, 0.1) is 0 Å². The van der Waals surface area contributed by atoms with Gasteiger partial charge in [-0.2, -0.15) is 11.8 Å². The smallest absolute Gasteiger partial charge is 0.322 e. The van der Waals surface area contributed by atoms with Crippen LogP contribution >= 0.6 is 11.8 Å². The highest BCUT2D eigenvalue weighted by Gasteiger charge is 2.09. The number of carbonyl (C=O) groups is 2. The van der Waals surface area contributed by atoms with Crippen molar-refractivity contribution >= 4 is 23.7 Å². The molecule has 0 aromatic rings. The highest BCUT2D eigenvalue weighted by molar-refractivity contribution is 7.98. The molecule has 8 heteroatoms. The third-order valence-electron chi connectivity index (χ3n) is 1.46. The molecule has 0 amide bonds. The minimum atomic E-state index is -1.18. The number of carboxylic acids is 2. The third kappa shape index (κ3) is 11.2. The van der Waals surface area contributed by atoms with Crippen LogP contribution in [0.4, 0.5) is 0 Å². The van der Waals surface area contributed by atoms with Crippen molar-refractivity contribution in [2.45, 2.75) is 18.5 Å². The maximum Gasteiger partial charge on any atom is 0.322 e. The van der Waals surface area contributed by atoms with Crippen molar-refractivity contribution in [3.8, 4) is 0 Å². The first kappa shape index (κ1) is 17.6. The summed E-state index contributed by atoms with van der Waals surface area (Å²) in [5.74, 6) is -1.28. The molecule has 0 aliphatic heterocycles. The number of hydrogen-bond acceptors (Lipinski definition) is 6. The molecule has 16 heavy (non-hydrogen) atoms. The second kappa shape index (κ2) is 10.7. The van der Waals surface area contributed by atoms with Crippen LogP contribution < -0.4 is 11.5 Å². The molecule has 0 unspecified atom stereocenters. The molecule has 0 rings (SSSR count). The first-order valence-electron chi connectivity index (χ1n) is 4.43. The van der Waals surface area contributed by atoms with E-state index in [1.165, 1.54) is 0 Å². The van der Waals surface area contributed by atoms with E-state index in [4.69, 9.17) is 26.8 Å². The summed E-state index contributed by atoms with van der Waals surface area (Å²) < 4.78 is 0.